The number of nitrogens with zero attached hydrogens (tertiary/aromatic N) is 1. The van der Waals surface area contributed by atoms with E-state index >= 15 is 0 Å². The minimum absolute atomic E-state index is 0. The van der Waals surface area contributed by atoms with Crippen LogP contribution in [0.1, 0.15) is 12.5 Å². The summed E-state index contributed by atoms with van der Waals surface area (Å²) in [5, 5.41) is 6.43. The van der Waals surface area contributed by atoms with E-state index in [1.54, 1.807) is 14.2 Å². The van der Waals surface area contributed by atoms with Crippen LogP contribution in [0.25, 0.3) is 0 Å². The first-order valence-corrected chi connectivity index (χ1v) is 6.45. The fourth-order valence-electron chi connectivity index (χ4n) is 1.54. The number of aliphatic imine (C=N–C) groups is 1. The molecular weight excluding hydrogens is 369 g/mol. The molecule has 114 valence electrons. The first-order valence-electron chi connectivity index (χ1n) is 6.45. The molecule has 0 unspecified atom stereocenters. The van der Waals surface area contributed by atoms with Gasteiger partial charge in [0.15, 0.2) is 5.96 Å². The molecule has 0 saturated carbocycles. The van der Waals surface area contributed by atoms with Crippen molar-refractivity contribution in [1.29, 1.82) is 0 Å². The average Bonchev–Trinajstić information content (AvgIpc) is 2.47. The van der Waals surface area contributed by atoms with E-state index in [0.717, 1.165) is 31.4 Å². The second-order valence-electron chi connectivity index (χ2n) is 3.90. The minimum Gasteiger partial charge on any atom is -0.497 e. The van der Waals surface area contributed by atoms with Gasteiger partial charge in [-0.1, -0.05) is 12.1 Å². The lowest BCUT2D eigenvalue weighted by molar-refractivity contribution is 0.152. The summed E-state index contributed by atoms with van der Waals surface area (Å²) in [5.74, 6) is 1.64. The molecule has 0 amide bonds. The van der Waals surface area contributed by atoms with Crippen molar-refractivity contribution in [3.05, 3.63) is 29.8 Å². The summed E-state index contributed by atoms with van der Waals surface area (Å²) in [6.07, 6.45) is 0. The summed E-state index contributed by atoms with van der Waals surface area (Å²) < 4.78 is 10.4. The molecule has 0 heterocycles. The van der Waals surface area contributed by atoms with Gasteiger partial charge in [-0.2, -0.15) is 0 Å². The molecule has 20 heavy (non-hydrogen) atoms. The monoisotopic (exact) mass is 393 g/mol. The Morgan fingerprint density at radius 1 is 1.20 bits per heavy atom. The Morgan fingerprint density at radius 3 is 2.45 bits per heavy atom. The third kappa shape index (κ3) is 7.54. The Hall–Kier alpha value is -1.02. The molecule has 5 nitrogen and oxygen atoms in total. The zero-order chi connectivity index (χ0) is 13.9. The number of nitrogens with one attached hydrogen (secondary N) is 2. The van der Waals surface area contributed by atoms with Crippen LogP contribution >= 0.6 is 24.0 Å². The first-order chi connectivity index (χ1) is 9.30. The van der Waals surface area contributed by atoms with E-state index in [4.69, 9.17) is 9.47 Å². The van der Waals surface area contributed by atoms with Crippen LogP contribution in [-0.2, 0) is 11.3 Å². The lowest BCUT2D eigenvalue weighted by Crippen LogP contribution is -2.38. The molecule has 2 N–H and O–H groups in total. The molecule has 0 saturated heterocycles. The molecule has 1 rings (SSSR count). The lowest BCUT2D eigenvalue weighted by atomic mass is 10.2. The molecule has 0 aliphatic rings. The number of guanidine groups is 1. The smallest absolute Gasteiger partial charge is 0.191 e. The molecule has 0 atom stereocenters. The standard InChI is InChI=1S/C14H23N3O2.HI/c1-4-19-10-9-16-14(15-2)17-11-12-5-7-13(18-3)8-6-12;/h5-8H,4,9-11H2,1-3H3,(H2,15,16,17);1H. The predicted molar refractivity (Wildman–Crippen MR) is 93.1 cm³/mol. The van der Waals surface area contributed by atoms with Gasteiger partial charge in [-0.3, -0.25) is 4.99 Å². The van der Waals surface area contributed by atoms with Gasteiger partial charge < -0.3 is 20.1 Å². The van der Waals surface area contributed by atoms with Crippen molar-refractivity contribution in [3.8, 4) is 5.75 Å². The predicted octanol–water partition coefficient (Wildman–Crippen LogP) is 2.01. The molecule has 0 aliphatic carbocycles. The van der Waals surface area contributed by atoms with Crippen molar-refractivity contribution in [1.82, 2.24) is 10.6 Å². The van der Waals surface area contributed by atoms with Crippen LogP contribution in [0.4, 0.5) is 0 Å². The average molecular weight is 393 g/mol. The summed E-state index contributed by atoms with van der Waals surface area (Å²) in [4.78, 5) is 4.15. The molecule has 6 heteroatoms. The molecule has 0 radical (unpaired) electrons. The second-order valence-corrected chi connectivity index (χ2v) is 3.90. The highest BCUT2D eigenvalue weighted by Gasteiger charge is 1.98. The Labute approximate surface area is 138 Å². The zero-order valence-electron chi connectivity index (χ0n) is 12.3. The third-order valence-electron chi connectivity index (χ3n) is 2.59. The summed E-state index contributed by atoms with van der Waals surface area (Å²) in [7, 11) is 3.42. The van der Waals surface area contributed by atoms with Crippen molar-refractivity contribution < 1.29 is 9.47 Å². The van der Waals surface area contributed by atoms with Gasteiger partial charge in [0, 0.05) is 26.7 Å². The molecular formula is C14H24IN3O2. The third-order valence-corrected chi connectivity index (χ3v) is 2.59. The van der Waals surface area contributed by atoms with Crippen LogP contribution < -0.4 is 15.4 Å². The number of hydrogen-bond acceptors (Lipinski definition) is 3. The first kappa shape index (κ1) is 19.0. The van der Waals surface area contributed by atoms with Crippen LogP contribution in [0.3, 0.4) is 0 Å². The highest BCUT2D eigenvalue weighted by Crippen LogP contribution is 2.10. The van der Waals surface area contributed by atoms with E-state index in [0.29, 0.717) is 6.61 Å². The molecule has 1 aromatic rings. The molecule has 0 aliphatic heterocycles. The van der Waals surface area contributed by atoms with Crippen LogP contribution in [0.2, 0.25) is 0 Å². The van der Waals surface area contributed by atoms with Gasteiger partial charge in [0.25, 0.3) is 0 Å². The minimum atomic E-state index is 0. The SMILES string of the molecule is CCOCCNC(=NC)NCc1ccc(OC)cc1.I. The van der Waals surface area contributed by atoms with Crippen molar-refractivity contribution in [2.45, 2.75) is 13.5 Å². The van der Waals surface area contributed by atoms with E-state index < -0.39 is 0 Å². The van der Waals surface area contributed by atoms with Crippen LogP contribution in [0.5, 0.6) is 5.75 Å². The number of halogens is 1. The summed E-state index contributed by atoms with van der Waals surface area (Å²) in [6, 6.07) is 7.95. The highest BCUT2D eigenvalue weighted by molar-refractivity contribution is 14.0. The number of rotatable bonds is 7. The highest BCUT2D eigenvalue weighted by atomic mass is 127. The van der Waals surface area contributed by atoms with E-state index in [1.165, 1.54) is 5.56 Å². The van der Waals surface area contributed by atoms with Crippen LogP contribution in [0, 0.1) is 0 Å². The molecule has 0 spiro atoms. The van der Waals surface area contributed by atoms with E-state index in [9.17, 15) is 0 Å². The van der Waals surface area contributed by atoms with Gasteiger partial charge in [-0.05, 0) is 24.6 Å². The van der Waals surface area contributed by atoms with Gasteiger partial charge in [-0.25, -0.2) is 0 Å². The summed E-state index contributed by atoms with van der Waals surface area (Å²) >= 11 is 0. The topological polar surface area (TPSA) is 54.9 Å². The summed E-state index contributed by atoms with van der Waals surface area (Å²) in [5.41, 5.74) is 1.17. The Balaban J connectivity index is 0.00000361. The van der Waals surface area contributed by atoms with Crippen LogP contribution in [-0.4, -0.2) is 39.9 Å². The largest absolute Gasteiger partial charge is 0.497 e. The van der Waals surface area contributed by atoms with E-state index in [1.807, 2.05) is 31.2 Å². The zero-order valence-corrected chi connectivity index (χ0v) is 14.6. The normalized spacial score (nSPS) is 10.7. The molecule has 0 aromatic heterocycles. The number of ether oxygens (including phenoxy) is 2. The maximum Gasteiger partial charge on any atom is 0.191 e. The van der Waals surface area contributed by atoms with E-state index in [2.05, 4.69) is 15.6 Å². The van der Waals surface area contributed by atoms with Crippen LogP contribution in [0.15, 0.2) is 29.3 Å². The molecule has 0 fully saturated rings. The Morgan fingerprint density at radius 2 is 1.90 bits per heavy atom. The Kier molecular flexibility index (Phi) is 11.2. The van der Waals surface area contributed by atoms with E-state index in [-0.39, 0.29) is 24.0 Å². The van der Waals surface area contributed by atoms with Crippen molar-refractivity contribution in [2.75, 3.05) is 33.9 Å². The van der Waals surface area contributed by atoms with Gasteiger partial charge in [0.05, 0.1) is 13.7 Å². The Bertz CT molecular complexity index is 383. The van der Waals surface area contributed by atoms with Crippen molar-refractivity contribution >= 4 is 29.9 Å². The maximum atomic E-state index is 5.26. The number of benzene rings is 1. The lowest BCUT2D eigenvalue weighted by Gasteiger charge is -2.12. The summed E-state index contributed by atoms with van der Waals surface area (Å²) in [6.45, 7) is 4.87. The van der Waals surface area contributed by atoms with Gasteiger partial charge in [-0.15, -0.1) is 24.0 Å². The fraction of sp³-hybridized carbons (Fsp3) is 0.500. The van der Waals surface area contributed by atoms with Crippen molar-refractivity contribution in [3.63, 3.8) is 0 Å². The second kappa shape index (κ2) is 11.8. The number of hydrogen-bond donors (Lipinski definition) is 2. The number of methoxy groups -OCH3 is 1. The molecule has 1 aromatic carbocycles. The maximum absolute atomic E-state index is 5.26. The van der Waals surface area contributed by atoms with Gasteiger partial charge in [0.1, 0.15) is 5.75 Å². The van der Waals surface area contributed by atoms with Gasteiger partial charge in [0.2, 0.25) is 0 Å². The molecule has 0 bridgehead atoms. The van der Waals surface area contributed by atoms with Gasteiger partial charge >= 0.3 is 0 Å². The van der Waals surface area contributed by atoms with Crippen molar-refractivity contribution in [2.24, 2.45) is 4.99 Å². The fourth-order valence-corrected chi connectivity index (χ4v) is 1.54. The quantitative estimate of drug-likeness (QED) is 0.322.